The fourth-order valence-corrected chi connectivity index (χ4v) is 3.11. The normalized spacial score (nSPS) is 36.7. The number of nitrogens with two attached hydrogens (primary N) is 2. The van der Waals surface area contributed by atoms with Gasteiger partial charge in [-0.1, -0.05) is 19.3 Å². The maximum absolute atomic E-state index is 11.8. The van der Waals surface area contributed by atoms with E-state index < -0.39 is 28.8 Å². The first-order valence-corrected chi connectivity index (χ1v) is 5.84. The highest BCUT2D eigenvalue weighted by Crippen LogP contribution is 2.47. The minimum absolute atomic E-state index is 0.444. The van der Waals surface area contributed by atoms with Gasteiger partial charge in [0.15, 0.2) is 5.54 Å². The number of piperidine rings is 1. The van der Waals surface area contributed by atoms with E-state index in [9.17, 15) is 14.4 Å². The molecule has 2 fully saturated rings. The molecule has 94 valence electrons. The van der Waals surface area contributed by atoms with Gasteiger partial charge >= 0.3 is 0 Å². The maximum Gasteiger partial charge on any atom is 0.254 e. The number of amides is 2. The summed E-state index contributed by atoms with van der Waals surface area (Å²) in [4.78, 5) is 34.8. The third-order valence-corrected chi connectivity index (χ3v) is 4.25. The van der Waals surface area contributed by atoms with Crippen molar-refractivity contribution < 1.29 is 14.4 Å². The number of carbonyl (C=O) groups excluding carboxylic acids is 3. The maximum atomic E-state index is 11.8. The van der Waals surface area contributed by atoms with Gasteiger partial charge in [0, 0.05) is 5.41 Å². The topological polar surface area (TPSA) is 115 Å². The van der Waals surface area contributed by atoms with Crippen LogP contribution in [0.15, 0.2) is 0 Å². The van der Waals surface area contributed by atoms with Crippen molar-refractivity contribution in [1.82, 2.24) is 5.32 Å². The van der Waals surface area contributed by atoms with E-state index >= 15 is 0 Å². The van der Waals surface area contributed by atoms with Crippen LogP contribution in [0, 0.1) is 5.41 Å². The number of nitrogens with one attached hydrogen (secondary N) is 1. The second kappa shape index (κ2) is 3.89. The SMILES string of the molecule is NC1C(=O)NC(=O)C(N)(C=O)C12CCCCC2. The average Bonchev–Trinajstić information content (AvgIpc) is 2.35. The van der Waals surface area contributed by atoms with Crippen molar-refractivity contribution in [2.24, 2.45) is 16.9 Å². The molecule has 2 aliphatic rings. The summed E-state index contributed by atoms with van der Waals surface area (Å²) < 4.78 is 0. The number of rotatable bonds is 1. The van der Waals surface area contributed by atoms with Crippen LogP contribution in [0.25, 0.3) is 0 Å². The van der Waals surface area contributed by atoms with Crippen molar-refractivity contribution >= 4 is 18.1 Å². The lowest BCUT2D eigenvalue weighted by molar-refractivity contribution is -0.152. The molecule has 1 aliphatic carbocycles. The molecular weight excluding hydrogens is 222 g/mol. The number of imide groups is 1. The Balaban J connectivity index is 2.50. The Kier molecular flexibility index (Phi) is 2.79. The highest BCUT2D eigenvalue weighted by Gasteiger charge is 2.62. The zero-order valence-corrected chi connectivity index (χ0v) is 9.57. The van der Waals surface area contributed by atoms with Gasteiger partial charge in [-0.25, -0.2) is 0 Å². The van der Waals surface area contributed by atoms with Crippen LogP contribution in [0.3, 0.4) is 0 Å². The molecule has 6 heteroatoms. The first-order valence-electron chi connectivity index (χ1n) is 5.84. The molecule has 0 bridgehead atoms. The minimum atomic E-state index is -1.68. The molecule has 1 saturated carbocycles. The number of aldehydes is 1. The van der Waals surface area contributed by atoms with Gasteiger partial charge in [0.25, 0.3) is 5.91 Å². The summed E-state index contributed by atoms with van der Waals surface area (Å²) in [5, 5.41) is 2.08. The summed E-state index contributed by atoms with van der Waals surface area (Å²) in [5.74, 6) is -1.25. The number of hydrogen-bond donors (Lipinski definition) is 3. The van der Waals surface area contributed by atoms with Gasteiger partial charge in [0.05, 0.1) is 6.04 Å². The standard InChI is InChI=1S/C11H17N3O3/c12-7-8(16)14-9(17)11(13,6-15)10(7)4-2-1-3-5-10/h6-7H,1-5,12-13H2,(H,14,16,17). The number of carbonyl (C=O) groups is 3. The monoisotopic (exact) mass is 239 g/mol. The van der Waals surface area contributed by atoms with Crippen molar-refractivity contribution in [2.45, 2.75) is 43.7 Å². The van der Waals surface area contributed by atoms with Crippen LogP contribution in [-0.2, 0) is 14.4 Å². The van der Waals surface area contributed by atoms with Gasteiger partial charge in [-0.05, 0) is 12.8 Å². The molecule has 1 spiro atoms. The lowest BCUT2D eigenvalue weighted by Crippen LogP contribution is -2.78. The van der Waals surface area contributed by atoms with E-state index in [4.69, 9.17) is 11.5 Å². The predicted molar refractivity (Wildman–Crippen MR) is 59.6 cm³/mol. The van der Waals surface area contributed by atoms with Gasteiger partial charge in [0.2, 0.25) is 5.91 Å². The largest absolute Gasteiger partial charge is 0.319 e. The lowest BCUT2D eigenvalue weighted by atomic mass is 9.56. The summed E-state index contributed by atoms with van der Waals surface area (Å²) in [6, 6.07) is -0.893. The van der Waals surface area contributed by atoms with E-state index in [2.05, 4.69) is 5.32 Å². The molecule has 2 rings (SSSR count). The first kappa shape index (κ1) is 12.2. The van der Waals surface area contributed by atoms with Crippen LogP contribution < -0.4 is 16.8 Å². The second-order valence-electron chi connectivity index (χ2n) is 5.00. The lowest BCUT2D eigenvalue weighted by Gasteiger charge is -2.51. The molecule has 2 atom stereocenters. The van der Waals surface area contributed by atoms with Crippen molar-refractivity contribution in [2.75, 3.05) is 0 Å². The van der Waals surface area contributed by atoms with Crippen LogP contribution in [-0.4, -0.2) is 29.7 Å². The summed E-state index contributed by atoms with van der Waals surface area (Å²) in [5.41, 5.74) is 9.26. The van der Waals surface area contributed by atoms with Crippen LogP contribution in [0.1, 0.15) is 32.1 Å². The molecule has 6 nitrogen and oxygen atoms in total. The average molecular weight is 239 g/mol. The fourth-order valence-electron chi connectivity index (χ4n) is 3.11. The molecule has 0 radical (unpaired) electrons. The van der Waals surface area contributed by atoms with E-state index in [1.807, 2.05) is 0 Å². The molecule has 2 amide bonds. The summed E-state index contributed by atoms with van der Waals surface area (Å²) in [6.45, 7) is 0. The quantitative estimate of drug-likeness (QED) is 0.302. The van der Waals surface area contributed by atoms with Crippen molar-refractivity contribution in [1.29, 1.82) is 0 Å². The molecule has 0 aromatic carbocycles. The summed E-state index contributed by atoms with van der Waals surface area (Å²) >= 11 is 0. The van der Waals surface area contributed by atoms with Gasteiger partial charge in [-0.3, -0.25) is 14.9 Å². The van der Waals surface area contributed by atoms with E-state index in [1.165, 1.54) is 0 Å². The van der Waals surface area contributed by atoms with Crippen LogP contribution in [0.5, 0.6) is 0 Å². The number of hydrogen-bond acceptors (Lipinski definition) is 5. The van der Waals surface area contributed by atoms with Gasteiger partial charge < -0.3 is 16.3 Å². The molecular formula is C11H17N3O3. The summed E-state index contributed by atoms with van der Waals surface area (Å²) in [7, 11) is 0. The molecule has 1 heterocycles. The van der Waals surface area contributed by atoms with Crippen molar-refractivity contribution in [3.05, 3.63) is 0 Å². The smallest absolute Gasteiger partial charge is 0.254 e. The molecule has 1 aliphatic heterocycles. The van der Waals surface area contributed by atoms with Gasteiger partial charge in [-0.15, -0.1) is 0 Å². The van der Waals surface area contributed by atoms with E-state index in [0.717, 1.165) is 19.3 Å². The fraction of sp³-hybridized carbons (Fsp3) is 0.727. The van der Waals surface area contributed by atoms with Crippen LogP contribution >= 0.6 is 0 Å². The molecule has 17 heavy (non-hydrogen) atoms. The summed E-state index contributed by atoms with van der Waals surface area (Å²) in [6.07, 6.45) is 4.21. The van der Waals surface area contributed by atoms with E-state index in [-0.39, 0.29) is 0 Å². The Morgan fingerprint density at radius 2 is 1.82 bits per heavy atom. The Morgan fingerprint density at radius 1 is 1.24 bits per heavy atom. The van der Waals surface area contributed by atoms with Crippen molar-refractivity contribution in [3.8, 4) is 0 Å². The third kappa shape index (κ3) is 1.44. The molecule has 1 saturated heterocycles. The molecule has 5 N–H and O–H groups in total. The molecule has 2 unspecified atom stereocenters. The van der Waals surface area contributed by atoms with E-state index in [1.54, 1.807) is 0 Å². The Labute approximate surface area is 99.1 Å². The van der Waals surface area contributed by atoms with Crippen LogP contribution in [0.4, 0.5) is 0 Å². The van der Waals surface area contributed by atoms with Crippen molar-refractivity contribution in [3.63, 3.8) is 0 Å². The predicted octanol–water partition coefficient (Wildman–Crippen LogP) is -1.18. The molecule has 0 aromatic rings. The zero-order valence-electron chi connectivity index (χ0n) is 9.57. The Hall–Kier alpha value is -1.27. The second-order valence-corrected chi connectivity index (χ2v) is 5.00. The Bertz CT molecular complexity index is 376. The third-order valence-electron chi connectivity index (χ3n) is 4.25. The van der Waals surface area contributed by atoms with Gasteiger partial charge in [-0.2, -0.15) is 0 Å². The minimum Gasteiger partial charge on any atom is -0.319 e. The highest BCUT2D eigenvalue weighted by molar-refractivity contribution is 6.13. The zero-order chi connectivity index (χ0) is 12.7. The highest BCUT2D eigenvalue weighted by atomic mass is 16.2. The van der Waals surface area contributed by atoms with Gasteiger partial charge in [0.1, 0.15) is 6.29 Å². The Morgan fingerprint density at radius 3 is 2.35 bits per heavy atom. The van der Waals surface area contributed by atoms with E-state index in [0.29, 0.717) is 19.1 Å². The molecule has 0 aromatic heterocycles. The first-order chi connectivity index (χ1) is 7.98. The van der Waals surface area contributed by atoms with Crippen LogP contribution in [0.2, 0.25) is 0 Å².